The van der Waals surface area contributed by atoms with Gasteiger partial charge in [0.05, 0.1) is 12.7 Å². The van der Waals surface area contributed by atoms with E-state index in [1.54, 1.807) is 13.2 Å². The molecule has 1 amide bonds. The van der Waals surface area contributed by atoms with Crippen molar-refractivity contribution < 1.29 is 9.53 Å². The molecule has 0 aliphatic rings. The number of carbonyl (C=O) groups is 1. The van der Waals surface area contributed by atoms with Crippen molar-refractivity contribution in [2.75, 3.05) is 7.11 Å². The minimum atomic E-state index is -0.441. The first kappa shape index (κ1) is 11.6. The lowest BCUT2D eigenvalue weighted by Gasteiger charge is -2.14. The minimum absolute atomic E-state index is 0.441. The molecule has 82 valence electrons. The van der Waals surface area contributed by atoms with Gasteiger partial charge < -0.3 is 10.5 Å². The van der Waals surface area contributed by atoms with Gasteiger partial charge in [-0.15, -0.1) is 0 Å². The predicted octanol–water partition coefficient (Wildman–Crippen LogP) is 1.92. The Balaban J connectivity index is 3.40. The number of primary amides is 1. The standard InChI is InChI=1S/C12H17NO2/c1-4-8-6-7-10(12(13)14)11(15-3)9(8)5-2/h6-7H,4-5H2,1-3H3,(H2,13,14). The third-order valence-electron chi connectivity index (χ3n) is 2.56. The van der Waals surface area contributed by atoms with Crippen molar-refractivity contribution in [1.29, 1.82) is 0 Å². The summed E-state index contributed by atoms with van der Waals surface area (Å²) in [4.78, 5) is 11.2. The van der Waals surface area contributed by atoms with Crippen LogP contribution in [-0.4, -0.2) is 13.0 Å². The number of aryl methyl sites for hydroxylation is 1. The number of amides is 1. The van der Waals surface area contributed by atoms with E-state index in [1.165, 1.54) is 5.56 Å². The normalized spacial score (nSPS) is 10.1. The molecule has 1 rings (SSSR count). The lowest BCUT2D eigenvalue weighted by Crippen LogP contribution is -2.14. The molecule has 0 atom stereocenters. The van der Waals surface area contributed by atoms with Crippen LogP contribution in [0.15, 0.2) is 12.1 Å². The van der Waals surface area contributed by atoms with E-state index in [9.17, 15) is 4.79 Å². The Bertz CT molecular complexity index is 372. The second-order valence-electron chi connectivity index (χ2n) is 3.36. The van der Waals surface area contributed by atoms with Gasteiger partial charge in [-0.2, -0.15) is 0 Å². The summed E-state index contributed by atoms with van der Waals surface area (Å²) >= 11 is 0. The van der Waals surface area contributed by atoms with E-state index in [2.05, 4.69) is 6.92 Å². The second kappa shape index (κ2) is 4.82. The Morgan fingerprint density at radius 2 is 2.00 bits per heavy atom. The molecule has 0 aromatic heterocycles. The number of carbonyl (C=O) groups excluding carboxylic acids is 1. The largest absolute Gasteiger partial charge is 0.496 e. The molecule has 0 spiro atoms. The topological polar surface area (TPSA) is 52.3 Å². The van der Waals surface area contributed by atoms with Gasteiger partial charge in [0, 0.05) is 0 Å². The van der Waals surface area contributed by atoms with E-state index in [4.69, 9.17) is 10.5 Å². The van der Waals surface area contributed by atoms with Crippen molar-refractivity contribution in [3.05, 3.63) is 28.8 Å². The SMILES string of the molecule is CCc1ccc(C(N)=O)c(OC)c1CC. The average Bonchev–Trinajstić information content (AvgIpc) is 2.26. The van der Waals surface area contributed by atoms with Crippen LogP contribution in [0, 0.1) is 0 Å². The molecule has 0 bridgehead atoms. The first-order valence-corrected chi connectivity index (χ1v) is 5.14. The van der Waals surface area contributed by atoms with Gasteiger partial charge in [-0.25, -0.2) is 0 Å². The summed E-state index contributed by atoms with van der Waals surface area (Å²) in [5, 5.41) is 0. The molecule has 1 aromatic carbocycles. The van der Waals surface area contributed by atoms with Crippen LogP contribution in [0.4, 0.5) is 0 Å². The average molecular weight is 207 g/mol. The lowest BCUT2D eigenvalue weighted by molar-refractivity contribution is 0.0997. The molecule has 0 saturated heterocycles. The highest BCUT2D eigenvalue weighted by Crippen LogP contribution is 2.27. The van der Waals surface area contributed by atoms with Crippen LogP contribution in [-0.2, 0) is 12.8 Å². The molecular formula is C12H17NO2. The van der Waals surface area contributed by atoms with Crippen molar-refractivity contribution >= 4 is 5.91 Å². The smallest absolute Gasteiger partial charge is 0.252 e. The molecular weight excluding hydrogens is 190 g/mol. The van der Waals surface area contributed by atoms with E-state index >= 15 is 0 Å². The molecule has 0 aliphatic heterocycles. The van der Waals surface area contributed by atoms with Gasteiger partial charge in [0.2, 0.25) is 0 Å². The van der Waals surface area contributed by atoms with Gasteiger partial charge in [0.15, 0.2) is 0 Å². The molecule has 0 unspecified atom stereocenters. The van der Waals surface area contributed by atoms with Crippen LogP contribution in [0.3, 0.4) is 0 Å². The Morgan fingerprint density at radius 1 is 1.33 bits per heavy atom. The molecule has 1 aromatic rings. The zero-order chi connectivity index (χ0) is 11.4. The fourth-order valence-electron chi connectivity index (χ4n) is 1.81. The predicted molar refractivity (Wildman–Crippen MR) is 60.3 cm³/mol. The summed E-state index contributed by atoms with van der Waals surface area (Å²) in [7, 11) is 1.57. The zero-order valence-corrected chi connectivity index (χ0v) is 9.46. The molecule has 0 fully saturated rings. The van der Waals surface area contributed by atoms with Crippen molar-refractivity contribution in [3.63, 3.8) is 0 Å². The van der Waals surface area contributed by atoms with Gasteiger partial charge in [0.25, 0.3) is 5.91 Å². The Kier molecular flexibility index (Phi) is 3.72. The maximum atomic E-state index is 11.2. The summed E-state index contributed by atoms with van der Waals surface area (Å²) < 4.78 is 5.27. The van der Waals surface area contributed by atoms with Crippen LogP contribution in [0.1, 0.15) is 35.3 Å². The number of ether oxygens (including phenoxy) is 1. The Morgan fingerprint density at radius 3 is 2.40 bits per heavy atom. The first-order valence-electron chi connectivity index (χ1n) is 5.14. The van der Waals surface area contributed by atoms with Crippen LogP contribution in [0.25, 0.3) is 0 Å². The maximum Gasteiger partial charge on any atom is 0.252 e. The maximum absolute atomic E-state index is 11.2. The zero-order valence-electron chi connectivity index (χ0n) is 9.46. The molecule has 0 aliphatic carbocycles. The van der Waals surface area contributed by atoms with Crippen molar-refractivity contribution in [3.8, 4) is 5.75 Å². The van der Waals surface area contributed by atoms with E-state index in [0.29, 0.717) is 11.3 Å². The van der Waals surface area contributed by atoms with E-state index < -0.39 is 5.91 Å². The summed E-state index contributed by atoms with van der Waals surface area (Å²) in [6, 6.07) is 3.68. The Labute approximate surface area is 90.2 Å². The number of rotatable bonds is 4. The third-order valence-corrected chi connectivity index (χ3v) is 2.56. The molecule has 3 heteroatoms. The number of methoxy groups -OCH3 is 1. The van der Waals surface area contributed by atoms with Crippen LogP contribution in [0.5, 0.6) is 5.75 Å². The first-order chi connectivity index (χ1) is 7.15. The number of benzene rings is 1. The molecule has 0 saturated carbocycles. The summed E-state index contributed by atoms with van der Waals surface area (Å²) in [6.45, 7) is 4.12. The highest BCUT2D eigenvalue weighted by molar-refractivity contribution is 5.96. The molecule has 0 heterocycles. The quantitative estimate of drug-likeness (QED) is 0.820. The Hall–Kier alpha value is -1.51. The van der Waals surface area contributed by atoms with Crippen LogP contribution < -0.4 is 10.5 Å². The van der Waals surface area contributed by atoms with Gasteiger partial charge in [0.1, 0.15) is 5.75 Å². The number of nitrogens with two attached hydrogens (primary N) is 1. The van der Waals surface area contributed by atoms with Crippen LogP contribution in [0.2, 0.25) is 0 Å². The fourth-order valence-corrected chi connectivity index (χ4v) is 1.81. The summed E-state index contributed by atoms with van der Waals surface area (Å²) in [5.74, 6) is 0.188. The van der Waals surface area contributed by atoms with Gasteiger partial charge in [-0.1, -0.05) is 19.9 Å². The van der Waals surface area contributed by atoms with Gasteiger partial charge >= 0.3 is 0 Å². The summed E-state index contributed by atoms with van der Waals surface area (Å²) in [5.41, 5.74) is 8.04. The highest BCUT2D eigenvalue weighted by Gasteiger charge is 2.14. The van der Waals surface area contributed by atoms with Crippen LogP contribution >= 0.6 is 0 Å². The summed E-state index contributed by atoms with van der Waals surface area (Å²) in [6.07, 6.45) is 1.77. The lowest BCUT2D eigenvalue weighted by atomic mass is 9.98. The van der Waals surface area contributed by atoms with E-state index in [-0.39, 0.29) is 0 Å². The number of hydrogen-bond donors (Lipinski definition) is 1. The monoisotopic (exact) mass is 207 g/mol. The number of hydrogen-bond acceptors (Lipinski definition) is 2. The van der Waals surface area contributed by atoms with Crippen molar-refractivity contribution in [2.24, 2.45) is 5.73 Å². The molecule has 2 N–H and O–H groups in total. The highest BCUT2D eigenvalue weighted by atomic mass is 16.5. The van der Waals surface area contributed by atoms with Gasteiger partial charge in [-0.3, -0.25) is 4.79 Å². The fraction of sp³-hybridized carbons (Fsp3) is 0.417. The second-order valence-corrected chi connectivity index (χ2v) is 3.36. The molecule has 0 radical (unpaired) electrons. The van der Waals surface area contributed by atoms with Gasteiger partial charge in [-0.05, 0) is 30.0 Å². The van der Waals surface area contributed by atoms with Crippen molar-refractivity contribution in [2.45, 2.75) is 26.7 Å². The van der Waals surface area contributed by atoms with E-state index in [1.807, 2.05) is 13.0 Å². The third kappa shape index (κ3) is 2.12. The van der Waals surface area contributed by atoms with E-state index in [0.717, 1.165) is 18.4 Å². The molecule has 3 nitrogen and oxygen atoms in total. The minimum Gasteiger partial charge on any atom is -0.496 e. The molecule has 15 heavy (non-hydrogen) atoms. The van der Waals surface area contributed by atoms with Crippen molar-refractivity contribution in [1.82, 2.24) is 0 Å².